The predicted octanol–water partition coefficient (Wildman–Crippen LogP) is 3.74. The minimum atomic E-state index is -0.393. The maximum Gasteiger partial charge on any atom is 0.251 e. The van der Waals surface area contributed by atoms with Crippen molar-refractivity contribution in [3.8, 4) is 5.75 Å². The number of thiocarbonyl (C=S) groups is 1. The van der Waals surface area contributed by atoms with E-state index in [2.05, 4.69) is 16.0 Å². The molecule has 158 valence electrons. The Hall–Kier alpha value is -3.91. The van der Waals surface area contributed by atoms with Crippen molar-refractivity contribution in [2.45, 2.75) is 6.54 Å². The first-order valence-electron chi connectivity index (χ1n) is 9.39. The van der Waals surface area contributed by atoms with Crippen molar-refractivity contribution >= 4 is 40.9 Å². The number of benzene rings is 2. The quantitative estimate of drug-likeness (QED) is 0.387. The molecule has 0 unspecified atom stereocenters. The molecule has 8 heteroatoms. The number of amides is 2. The predicted molar refractivity (Wildman–Crippen MR) is 123 cm³/mol. The third kappa shape index (κ3) is 6.55. The topological polar surface area (TPSA) is 92.6 Å². The average molecular weight is 436 g/mol. The zero-order chi connectivity index (χ0) is 22.1. The lowest BCUT2D eigenvalue weighted by atomic mass is 10.2. The van der Waals surface area contributed by atoms with Crippen molar-refractivity contribution < 1.29 is 18.7 Å². The Bertz CT molecular complexity index is 1090. The third-order valence-electron chi connectivity index (χ3n) is 4.18. The maximum atomic E-state index is 12.3. The van der Waals surface area contributed by atoms with Crippen molar-refractivity contribution in [2.24, 2.45) is 0 Å². The van der Waals surface area contributed by atoms with E-state index in [-0.39, 0.29) is 17.6 Å². The number of rotatable bonds is 7. The van der Waals surface area contributed by atoms with Crippen LogP contribution < -0.4 is 20.7 Å². The van der Waals surface area contributed by atoms with Crippen LogP contribution in [0.4, 0.5) is 5.69 Å². The second-order valence-corrected chi connectivity index (χ2v) is 6.77. The van der Waals surface area contributed by atoms with Crippen LogP contribution >= 0.6 is 12.2 Å². The van der Waals surface area contributed by atoms with Gasteiger partial charge in [-0.1, -0.05) is 24.3 Å². The molecule has 1 aromatic heterocycles. The largest absolute Gasteiger partial charge is 0.496 e. The van der Waals surface area contributed by atoms with E-state index in [0.29, 0.717) is 22.8 Å². The fraction of sp³-hybridized carbons (Fsp3) is 0.0870. The van der Waals surface area contributed by atoms with E-state index in [1.54, 1.807) is 55.8 Å². The van der Waals surface area contributed by atoms with Crippen LogP contribution in [0.1, 0.15) is 21.7 Å². The van der Waals surface area contributed by atoms with E-state index < -0.39 is 5.91 Å². The molecule has 0 aliphatic rings. The molecule has 1 heterocycles. The van der Waals surface area contributed by atoms with Gasteiger partial charge in [0, 0.05) is 22.9 Å². The van der Waals surface area contributed by atoms with E-state index in [0.717, 1.165) is 5.56 Å². The zero-order valence-corrected chi connectivity index (χ0v) is 17.6. The monoisotopic (exact) mass is 435 g/mol. The lowest BCUT2D eigenvalue weighted by molar-refractivity contribution is -0.115. The molecule has 2 amide bonds. The number of para-hydroxylation sites is 1. The normalized spacial score (nSPS) is 10.5. The molecular weight excluding hydrogens is 414 g/mol. The summed E-state index contributed by atoms with van der Waals surface area (Å²) in [4.78, 5) is 24.5. The van der Waals surface area contributed by atoms with Gasteiger partial charge in [0.05, 0.1) is 19.9 Å². The molecule has 0 saturated carbocycles. The Balaban J connectivity index is 1.54. The lowest BCUT2D eigenvalue weighted by Gasteiger charge is -2.10. The summed E-state index contributed by atoms with van der Waals surface area (Å²) >= 11 is 5.19. The number of methoxy groups -OCH3 is 1. The Morgan fingerprint density at radius 3 is 2.71 bits per heavy atom. The highest BCUT2D eigenvalue weighted by Crippen LogP contribution is 2.18. The summed E-state index contributed by atoms with van der Waals surface area (Å²) in [6.45, 7) is 0.288. The first-order chi connectivity index (χ1) is 15.0. The van der Waals surface area contributed by atoms with Crippen molar-refractivity contribution in [1.29, 1.82) is 0 Å². The summed E-state index contributed by atoms with van der Waals surface area (Å²) in [5.41, 5.74) is 1.79. The van der Waals surface area contributed by atoms with Crippen LogP contribution in [0.2, 0.25) is 0 Å². The molecular formula is C23H21N3O4S. The summed E-state index contributed by atoms with van der Waals surface area (Å²) in [5.74, 6) is 0.674. The molecule has 2 aromatic carbocycles. The van der Waals surface area contributed by atoms with E-state index in [9.17, 15) is 9.59 Å². The summed E-state index contributed by atoms with van der Waals surface area (Å²) in [6, 6.07) is 17.7. The number of furan rings is 1. The van der Waals surface area contributed by atoms with Crippen LogP contribution in [0.25, 0.3) is 6.08 Å². The van der Waals surface area contributed by atoms with Gasteiger partial charge in [-0.3, -0.25) is 14.9 Å². The van der Waals surface area contributed by atoms with Crippen molar-refractivity contribution in [1.82, 2.24) is 10.6 Å². The van der Waals surface area contributed by atoms with Gasteiger partial charge in [-0.05, 0) is 54.7 Å². The second-order valence-electron chi connectivity index (χ2n) is 6.36. The highest BCUT2D eigenvalue weighted by Gasteiger charge is 2.08. The van der Waals surface area contributed by atoms with Gasteiger partial charge in [0.2, 0.25) is 5.91 Å². The van der Waals surface area contributed by atoms with Gasteiger partial charge >= 0.3 is 0 Å². The van der Waals surface area contributed by atoms with Crippen LogP contribution in [0.3, 0.4) is 0 Å². The minimum Gasteiger partial charge on any atom is -0.496 e. The molecule has 0 atom stereocenters. The summed E-state index contributed by atoms with van der Waals surface area (Å²) in [7, 11) is 1.57. The number of anilines is 1. The molecule has 0 bridgehead atoms. The molecule has 0 aliphatic carbocycles. The highest BCUT2D eigenvalue weighted by molar-refractivity contribution is 7.80. The number of hydrogen-bond acceptors (Lipinski definition) is 5. The first kappa shape index (κ1) is 21.8. The van der Waals surface area contributed by atoms with Gasteiger partial charge in [0.15, 0.2) is 5.11 Å². The van der Waals surface area contributed by atoms with Crippen LogP contribution in [-0.4, -0.2) is 24.0 Å². The molecule has 3 aromatic rings. The summed E-state index contributed by atoms with van der Waals surface area (Å²) in [5, 5.41) is 8.36. The van der Waals surface area contributed by atoms with Crippen LogP contribution in [0.15, 0.2) is 77.4 Å². The Morgan fingerprint density at radius 2 is 1.94 bits per heavy atom. The Morgan fingerprint density at radius 1 is 1.10 bits per heavy atom. The first-order valence-corrected chi connectivity index (χ1v) is 9.79. The highest BCUT2D eigenvalue weighted by atomic mass is 32.1. The van der Waals surface area contributed by atoms with E-state index in [1.165, 1.54) is 6.08 Å². The van der Waals surface area contributed by atoms with Crippen LogP contribution in [-0.2, 0) is 11.3 Å². The maximum absolute atomic E-state index is 12.3. The molecule has 0 spiro atoms. The summed E-state index contributed by atoms with van der Waals surface area (Å²) in [6.07, 6.45) is 4.55. The molecule has 31 heavy (non-hydrogen) atoms. The number of carbonyl (C=O) groups is 2. The van der Waals surface area contributed by atoms with E-state index >= 15 is 0 Å². The van der Waals surface area contributed by atoms with Gasteiger partial charge in [-0.2, -0.15) is 0 Å². The molecule has 7 nitrogen and oxygen atoms in total. The molecule has 3 rings (SSSR count). The van der Waals surface area contributed by atoms with E-state index in [1.807, 2.05) is 24.3 Å². The van der Waals surface area contributed by atoms with Crippen molar-refractivity contribution in [2.75, 3.05) is 12.4 Å². The Labute approximate surface area is 185 Å². The van der Waals surface area contributed by atoms with E-state index in [4.69, 9.17) is 21.4 Å². The molecule has 3 N–H and O–H groups in total. The van der Waals surface area contributed by atoms with Gasteiger partial charge in [-0.25, -0.2) is 0 Å². The van der Waals surface area contributed by atoms with Gasteiger partial charge in [0.1, 0.15) is 11.5 Å². The molecule has 0 fully saturated rings. The Kier molecular flexibility index (Phi) is 7.56. The van der Waals surface area contributed by atoms with Gasteiger partial charge < -0.3 is 19.8 Å². The van der Waals surface area contributed by atoms with Crippen molar-refractivity contribution in [3.63, 3.8) is 0 Å². The van der Waals surface area contributed by atoms with Crippen molar-refractivity contribution in [3.05, 3.63) is 89.9 Å². The summed E-state index contributed by atoms with van der Waals surface area (Å²) < 4.78 is 10.4. The van der Waals surface area contributed by atoms with Gasteiger partial charge in [-0.15, -0.1) is 0 Å². The zero-order valence-electron chi connectivity index (χ0n) is 16.8. The second kappa shape index (κ2) is 10.7. The number of carbonyl (C=O) groups excluding carboxylic acids is 2. The lowest BCUT2D eigenvalue weighted by Crippen LogP contribution is -2.33. The molecule has 0 aliphatic heterocycles. The number of hydrogen-bond donors (Lipinski definition) is 3. The van der Waals surface area contributed by atoms with Gasteiger partial charge in [0.25, 0.3) is 5.91 Å². The van der Waals surface area contributed by atoms with Crippen LogP contribution in [0, 0.1) is 0 Å². The van der Waals surface area contributed by atoms with Crippen LogP contribution in [0.5, 0.6) is 5.75 Å². The SMILES string of the molecule is COc1ccccc1/C=C/C(=O)NC(=S)Nc1cccc(C(=O)NCc2ccco2)c1. The average Bonchev–Trinajstić information content (AvgIpc) is 3.30. The smallest absolute Gasteiger partial charge is 0.251 e. The standard InChI is InChI=1S/C23H21N3O4S/c1-29-20-10-3-2-6-16(20)11-12-21(27)26-23(31)25-18-8-4-7-17(14-18)22(28)24-15-19-9-5-13-30-19/h2-14H,15H2,1H3,(H,24,28)(H2,25,26,27,31)/b12-11+. The minimum absolute atomic E-state index is 0.114. The number of ether oxygens (including phenoxy) is 1. The number of nitrogens with one attached hydrogen (secondary N) is 3. The molecule has 0 saturated heterocycles. The fourth-order valence-corrected chi connectivity index (χ4v) is 2.92. The fourth-order valence-electron chi connectivity index (χ4n) is 2.71. The third-order valence-corrected chi connectivity index (χ3v) is 4.38. The molecule has 0 radical (unpaired) electrons.